The molecule has 0 aliphatic heterocycles. The zero-order chi connectivity index (χ0) is 13.9. The minimum Gasteiger partial charge on any atom is -0.462 e. The quantitative estimate of drug-likeness (QED) is 0.635. The Morgan fingerprint density at radius 3 is 2.44 bits per heavy atom. The van der Waals surface area contributed by atoms with Gasteiger partial charge in [-0.25, -0.2) is 4.79 Å². The van der Waals surface area contributed by atoms with Crippen LogP contribution >= 0.6 is 11.6 Å². The van der Waals surface area contributed by atoms with E-state index < -0.39 is 29.3 Å². The molecule has 0 radical (unpaired) electrons. The molecule has 0 bridgehead atoms. The molecule has 1 N–H and O–H groups in total. The number of ether oxygens (including phenoxy) is 1. The van der Waals surface area contributed by atoms with Gasteiger partial charge in [0.2, 0.25) is 0 Å². The van der Waals surface area contributed by atoms with Gasteiger partial charge < -0.3 is 10.1 Å². The third-order valence-electron chi connectivity index (χ3n) is 1.91. The van der Waals surface area contributed by atoms with E-state index in [0.717, 1.165) is 19.2 Å². The molecule has 1 rings (SSSR count). The molecule has 0 spiro atoms. The van der Waals surface area contributed by atoms with Crippen molar-refractivity contribution in [2.45, 2.75) is 6.18 Å². The number of carbonyl (C=O) groups excluding carboxylic acids is 2. The van der Waals surface area contributed by atoms with E-state index >= 15 is 0 Å². The smallest absolute Gasteiger partial charge is 0.418 e. The predicted octanol–water partition coefficient (Wildman–Crippen LogP) is 2.47. The second-order valence-electron chi connectivity index (χ2n) is 3.13. The first-order valence-electron chi connectivity index (χ1n) is 4.51. The largest absolute Gasteiger partial charge is 0.462 e. The van der Waals surface area contributed by atoms with E-state index in [0.29, 0.717) is 6.07 Å². The molecule has 0 heterocycles. The summed E-state index contributed by atoms with van der Waals surface area (Å²) >= 11 is 5.44. The monoisotopic (exact) mass is 281 g/mol. The highest BCUT2D eigenvalue weighted by Gasteiger charge is 2.34. The summed E-state index contributed by atoms with van der Waals surface area (Å²) in [6, 6.07) is 2.75. The first kappa shape index (κ1) is 14.3. The Bertz CT molecular complexity index is 488. The number of nitrogens with one attached hydrogen (secondary N) is 1. The van der Waals surface area contributed by atoms with Crippen molar-refractivity contribution in [3.05, 3.63) is 28.8 Å². The predicted molar refractivity (Wildman–Crippen MR) is 57.1 cm³/mol. The van der Waals surface area contributed by atoms with Crippen LogP contribution in [0.5, 0.6) is 0 Å². The Morgan fingerprint density at radius 1 is 1.33 bits per heavy atom. The van der Waals surface area contributed by atoms with Crippen LogP contribution in [0, 0.1) is 0 Å². The topological polar surface area (TPSA) is 55.4 Å². The molecular weight excluding hydrogens is 275 g/mol. The van der Waals surface area contributed by atoms with Crippen LogP contribution in [0.1, 0.15) is 5.56 Å². The fourth-order valence-corrected chi connectivity index (χ4v) is 1.30. The van der Waals surface area contributed by atoms with Gasteiger partial charge in [0, 0.05) is 5.02 Å². The molecule has 0 aromatic heterocycles. The Labute approximate surface area is 105 Å². The normalized spacial score (nSPS) is 10.9. The number of methoxy groups -OCH3 is 1. The molecule has 1 amide bonds. The molecule has 0 atom stereocenters. The van der Waals surface area contributed by atoms with Crippen molar-refractivity contribution in [3.8, 4) is 0 Å². The third kappa shape index (κ3) is 3.36. The molecule has 8 heteroatoms. The summed E-state index contributed by atoms with van der Waals surface area (Å²) in [6.45, 7) is 0. The fraction of sp³-hybridized carbons (Fsp3) is 0.200. The van der Waals surface area contributed by atoms with Crippen LogP contribution in [-0.4, -0.2) is 19.0 Å². The van der Waals surface area contributed by atoms with Crippen molar-refractivity contribution in [1.82, 2.24) is 0 Å². The second-order valence-corrected chi connectivity index (χ2v) is 3.57. The van der Waals surface area contributed by atoms with Crippen molar-refractivity contribution in [1.29, 1.82) is 0 Å². The molecule has 4 nitrogen and oxygen atoms in total. The van der Waals surface area contributed by atoms with Crippen molar-refractivity contribution in [3.63, 3.8) is 0 Å². The maximum absolute atomic E-state index is 12.6. The SMILES string of the molecule is COC(=O)C(=O)Nc1ccc(Cl)cc1C(F)(F)F. The van der Waals surface area contributed by atoms with E-state index in [4.69, 9.17) is 11.6 Å². The fourth-order valence-electron chi connectivity index (χ4n) is 1.13. The molecule has 0 aliphatic carbocycles. The summed E-state index contributed by atoms with van der Waals surface area (Å²) in [5, 5.41) is 1.66. The van der Waals surface area contributed by atoms with Gasteiger partial charge in [0.1, 0.15) is 0 Å². The summed E-state index contributed by atoms with van der Waals surface area (Å²) in [4.78, 5) is 21.9. The van der Waals surface area contributed by atoms with Crippen LogP contribution in [0.15, 0.2) is 18.2 Å². The summed E-state index contributed by atoms with van der Waals surface area (Å²) in [5.74, 6) is -2.59. The first-order valence-corrected chi connectivity index (χ1v) is 4.89. The molecule has 0 saturated heterocycles. The number of hydrogen-bond acceptors (Lipinski definition) is 3. The lowest BCUT2D eigenvalue weighted by Crippen LogP contribution is -2.25. The van der Waals surface area contributed by atoms with Gasteiger partial charge in [0.15, 0.2) is 0 Å². The van der Waals surface area contributed by atoms with Gasteiger partial charge in [-0.3, -0.25) is 4.79 Å². The van der Waals surface area contributed by atoms with E-state index in [1.54, 1.807) is 5.32 Å². The van der Waals surface area contributed by atoms with Crippen LogP contribution in [0.3, 0.4) is 0 Å². The summed E-state index contributed by atoms with van der Waals surface area (Å²) < 4.78 is 42.0. The van der Waals surface area contributed by atoms with Gasteiger partial charge in [-0.05, 0) is 18.2 Å². The minimum absolute atomic E-state index is 0.140. The van der Waals surface area contributed by atoms with Crippen molar-refractivity contribution in [2.75, 3.05) is 12.4 Å². The Kier molecular flexibility index (Phi) is 4.18. The average Bonchev–Trinajstić information content (AvgIpc) is 2.28. The summed E-state index contributed by atoms with van der Waals surface area (Å²) in [6.07, 6.45) is -4.70. The number of benzene rings is 1. The zero-order valence-corrected chi connectivity index (χ0v) is 9.72. The summed E-state index contributed by atoms with van der Waals surface area (Å²) in [5.41, 5.74) is -1.71. The lowest BCUT2D eigenvalue weighted by atomic mass is 10.1. The Hall–Kier alpha value is -1.76. The third-order valence-corrected chi connectivity index (χ3v) is 2.14. The van der Waals surface area contributed by atoms with Crippen molar-refractivity contribution in [2.24, 2.45) is 0 Å². The van der Waals surface area contributed by atoms with Crippen molar-refractivity contribution >= 4 is 29.2 Å². The van der Waals surface area contributed by atoms with E-state index in [1.807, 2.05) is 0 Å². The molecular formula is C10H7ClF3NO3. The number of rotatable bonds is 1. The lowest BCUT2D eigenvalue weighted by molar-refractivity contribution is -0.150. The van der Waals surface area contributed by atoms with Gasteiger partial charge in [-0.15, -0.1) is 0 Å². The highest BCUT2D eigenvalue weighted by molar-refractivity contribution is 6.37. The summed E-state index contributed by atoms with van der Waals surface area (Å²) in [7, 11) is 0.939. The number of hydrogen-bond donors (Lipinski definition) is 1. The molecule has 0 fully saturated rings. The van der Waals surface area contributed by atoms with Crippen LogP contribution in [-0.2, 0) is 20.5 Å². The molecule has 0 aliphatic rings. The van der Waals surface area contributed by atoms with Gasteiger partial charge >= 0.3 is 18.1 Å². The standard InChI is InChI=1S/C10H7ClF3NO3/c1-18-9(17)8(16)15-7-3-2-5(11)4-6(7)10(12,13)14/h2-4H,1H3,(H,15,16). The van der Waals surface area contributed by atoms with E-state index in [2.05, 4.69) is 4.74 Å². The lowest BCUT2D eigenvalue weighted by Gasteiger charge is -2.13. The number of halogens is 4. The van der Waals surface area contributed by atoms with Crippen molar-refractivity contribution < 1.29 is 27.5 Å². The number of esters is 1. The van der Waals surface area contributed by atoms with Gasteiger partial charge in [0.25, 0.3) is 0 Å². The van der Waals surface area contributed by atoms with Crippen LogP contribution in [0.4, 0.5) is 18.9 Å². The van der Waals surface area contributed by atoms with Crippen LogP contribution in [0.25, 0.3) is 0 Å². The number of alkyl halides is 3. The molecule has 98 valence electrons. The van der Waals surface area contributed by atoms with E-state index in [9.17, 15) is 22.8 Å². The molecule has 0 unspecified atom stereocenters. The van der Waals surface area contributed by atoms with Crippen LogP contribution < -0.4 is 5.32 Å². The number of amides is 1. The van der Waals surface area contributed by atoms with Crippen LogP contribution in [0.2, 0.25) is 5.02 Å². The zero-order valence-electron chi connectivity index (χ0n) is 8.97. The van der Waals surface area contributed by atoms with Gasteiger partial charge in [0.05, 0.1) is 18.4 Å². The maximum atomic E-state index is 12.6. The molecule has 18 heavy (non-hydrogen) atoms. The highest BCUT2D eigenvalue weighted by Crippen LogP contribution is 2.36. The van der Waals surface area contributed by atoms with Gasteiger partial charge in [-0.2, -0.15) is 13.2 Å². The maximum Gasteiger partial charge on any atom is 0.418 e. The average molecular weight is 282 g/mol. The molecule has 1 aromatic rings. The number of anilines is 1. The van der Waals surface area contributed by atoms with E-state index in [1.165, 1.54) is 0 Å². The first-order chi connectivity index (χ1) is 8.25. The Balaban J connectivity index is 3.10. The minimum atomic E-state index is -4.70. The number of carbonyl (C=O) groups is 2. The Morgan fingerprint density at radius 2 is 1.94 bits per heavy atom. The molecule has 0 saturated carbocycles. The highest BCUT2D eigenvalue weighted by atomic mass is 35.5. The molecule has 1 aromatic carbocycles. The van der Waals surface area contributed by atoms with E-state index in [-0.39, 0.29) is 5.02 Å². The van der Waals surface area contributed by atoms with Gasteiger partial charge in [-0.1, -0.05) is 11.6 Å². The second kappa shape index (κ2) is 5.26.